The van der Waals surface area contributed by atoms with E-state index >= 15 is 0 Å². The van der Waals surface area contributed by atoms with Crippen LogP contribution in [0, 0.1) is 0 Å². The molecule has 15 nitrogen and oxygen atoms in total. The summed E-state index contributed by atoms with van der Waals surface area (Å²) in [5.74, 6) is 1.84. The predicted molar refractivity (Wildman–Crippen MR) is 282 cm³/mol. The number of carbonyl (C=O) groups excluding carboxylic acids is 2. The number of pyridine rings is 2. The Balaban J connectivity index is 0.000000178. The molecule has 10 rings (SSSR count). The van der Waals surface area contributed by atoms with Gasteiger partial charge in [-0.05, 0) is 105 Å². The molecule has 2 aromatic heterocycles. The molecule has 0 spiro atoms. The number of piperazine rings is 2. The molecular formula is C54H61F3N12O3. The molecule has 72 heavy (non-hydrogen) atoms. The lowest BCUT2D eigenvalue weighted by atomic mass is 10.1. The summed E-state index contributed by atoms with van der Waals surface area (Å²) in [4.78, 5) is 45.1. The van der Waals surface area contributed by atoms with Gasteiger partial charge in [-0.25, -0.2) is 9.97 Å². The average molecular weight is 983 g/mol. The second kappa shape index (κ2) is 21.4. The standard InChI is InChI=1S/C27H29F3N6O.C27H32N6O2/c1-18(37)36-11-9-19-4-3-5-24(26(19)36)32-20-8-10-31-25(16-20)33-23-7-6-21(17-22(23)27(28,29)30)35-14-12-34(2)13-15-35;1-19(34)33-11-9-20-16-21(4-7-25(20)33)29-22-8-10-28-27(17-22)30-24-6-5-23(18-26(24)35-3)32-14-12-31(2)13-15-32/h3-8,10,16-17H,9,11-15H2,1-2H3,(H2,31,32,33);4-8,10,16-18H,9,11-15H2,1-3H3,(H2,28,29,30). The molecule has 6 aromatic rings. The number of carbonyl (C=O) groups is 2. The molecule has 4 aliphatic heterocycles. The highest BCUT2D eigenvalue weighted by atomic mass is 19.4. The summed E-state index contributed by atoms with van der Waals surface area (Å²) in [7, 11) is 5.86. The predicted octanol–water partition coefficient (Wildman–Crippen LogP) is 9.49. The summed E-state index contributed by atoms with van der Waals surface area (Å²) in [6.07, 6.45) is 0.431. The van der Waals surface area contributed by atoms with Crippen LogP contribution in [0.1, 0.15) is 30.5 Å². The number of amides is 2. The van der Waals surface area contributed by atoms with Gasteiger partial charge in [0.2, 0.25) is 11.8 Å². The number of benzene rings is 4. The first-order valence-electron chi connectivity index (χ1n) is 24.3. The Morgan fingerprint density at radius 2 is 1.11 bits per heavy atom. The van der Waals surface area contributed by atoms with Crippen molar-refractivity contribution in [2.75, 3.05) is 128 Å². The zero-order valence-electron chi connectivity index (χ0n) is 41.3. The number of hydrogen-bond acceptors (Lipinski definition) is 13. The number of methoxy groups -OCH3 is 1. The van der Waals surface area contributed by atoms with Crippen LogP contribution in [0.2, 0.25) is 0 Å². The van der Waals surface area contributed by atoms with E-state index in [9.17, 15) is 22.8 Å². The zero-order chi connectivity index (χ0) is 50.5. The van der Waals surface area contributed by atoms with Gasteiger partial charge in [0.1, 0.15) is 17.4 Å². The Labute approximate surface area is 418 Å². The first-order valence-corrected chi connectivity index (χ1v) is 24.3. The largest absolute Gasteiger partial charge is 0.494 e. The summed E-state index contributed by atoms with van der Waals surface area (Å²) in [6.45, 7) is 11.6. The number of halogens is 3. The molecule has 376 valence electrons. The number of rotatable bonds is 11. The fraction of sp³-hybridized carbons (Fsp3) is 0.333. The van der Waals surface area contributed by atoms with Crippen molar-refractivity contribution in [1.82, 2.24) is 19.8 Å². The van der Waals surface area contributed by atoms with Gasteiger partial charge in [0.25, 0.3) is 0 Å². The van der Waals surface area contributed by atoms with Crippen LogP contribution in [0.25, 0.3) is 0 Å². The highest BCUT2D eigenvalue weighted by Crippen LogP contribution is 2.41. The van der Waals surface area contributed by atoms with Gasteiger partial charge in [-0.15, -0.1) is 0 Å². The van der Waals surface area contributed by atoms with E-state index in [4.69, 9.17) is 4.74 Å². The normalized spacial score (nSPS) is 15.8. The van der Waals surface area contributed by atoms with E-state index in [1.165, 1.54) is 36.5 Å². The van der Waals surface area contributed by atoms with Crippen molar-refractivity contribution in [2.45, 2.75) is 32.9 Å². The number of nitrogens with zero attached hydrogens (tertiary/aromatic N) is 8. The van der Waals surface area contributed by atoms with Crippen molar-refractivity contribution in [1.29, 1.82) is 0 Å². The highest BCUT2D eigenvalue weighted by molar-refractivity contribution is 5.99. The van der Waals surface area contributed by atoms with Crippen molar-refractivity contribution in [3.63, 3.8) is 0 Å². The van der Waals surface area contributed by atoms with E-state index < -0.39 is 11.7 Å². The Morgan fingerprint density at radius 1 is 0.556 bits per heavy atom. The molecule has 4 aliphatic rings. The number of ether oxygens (including phenoxy) is 1. The lowest BCUT2D eigenvalue weighted by Crippen LogP contribution is -2.44. The fourth-order valence-corrected chi connectivity index (χ4v) is 9.61. The van der Waals surface area contributed by atoms with Gasteiger partial charge >= 0.3 is 6.18 Å². The van der Waals surface area contributed by atoms with Gasteiger partial charge in [0.05, 0.1) is 35.4 Å². The van der Waals surface area contributed by atoms with Crippen LogP contribution in [0.15, 0.2) is 109 Å². The number of para-hydroxylation sites is 1. The van der Waals surface area contributed by atoms with Crippen LogP contribution in [-0.4, -0.2) is 118 Å². The minimum Gasteiger partial charge on any atom is -0.494 e. The maximum absolute atomic E-state index is 14.0. The van der Waals surface area contributed by atoms with E-state index in [1.807, 2.05) is 59.3 Å². The van der Waals surface area contributed by atoms with Crippen molar-refractivity contribution in [3.8, 4) is 5.75 Å². The molecule has 6 heterocycles. The molecule has 2 fully saturated rings. The smallest absolute Gasteiger partial charge is 0.418 e. The van der Waals surface area contributed by atoms with E-state index in [-0.39, 0.29) is 23.3 Å². The Hall–Kier alpha value is -7.57. The van der Waals surface area contributed by atoms with Crippen LogP contribution in [0.5, 0.6) is 5.75 Å². The third-order valence-corrected chi connectivity index (χ3v) is 13.6. The molecule has 4 aromatic carbocycles. The number of nitrogens with one attached hydrogen (secondary N) is 4. The summed E-state index contributed by atoms with van der Waals surface area (Å²) in [5, 5.41) is 13.0. The van der Waals surface area contributed by atoms with Crippen molar-refractivity contribution in [2.24, 2.45) is 0 Å². The van der Waals surface area contributed by atoms with Crippen molar-refractivity contribution >= 4 is 80.3 Å². The number of aromatic nitrogens is 2. The molecule has 2 amide bonds. The number of fused-ring (bicyclic) bond motifs is 2. The van der Waals surface area contributed by atoms with Crippen LogP contribution in [-0.2, 0) is 28.6 Å². The SMILES string of the molecule is CC(=O)N1CCc2cccc(Nc3ccnc(Nc4ccc(N5CCN(C)CC5)cc4C(F)(F)F)c3)c21.COc1cc(N2CCN(C)CC2)ccc1Nc1cc(Nc2ccc3c(c2)CCN3C(C)=O)ccn1. The van der Waals surface area contributed by atoms with Gasteiger partial charge in [0, 0.05) is 144 Å². The molecule has 0 radical (unpaired) electrons. The van der Waals surface area contributed by atoms with Crippen molar-refractivity contribution in [3.05, 3.63) is 126 Å². The summed E-state index contributed by atoms with van der Waals surface area (Å²) in [6, 6.07) is 29.9. The molecule has 0 bridgehead atoms. The molecular weight excluding hydrogens is 922 g/mol. The Kier molecular flexibility index (Phi) is 14.7. The van der Waals surface area contributed by atoms with Crippen LogP contribution >= 0.6 is 0 Å². The van der Waals surface area contributed by atoms with Gasteiger partial charge in [-0.2, -0.15) is 13.2 Å². The molecule has 0 saturated carbocycles. The summed E-state index contributed by atoms with van der Waals surface area (Å²) in [5.41, 5.74) is 9.22. The second-order valence-corrected chi connectivity index (χ2v) is 18.6. The maximum Gasteiger partial charge on any atom is 0.418 e. The van der Waals surface area contributed by atoms with Crippen molar-refractivity contribution < 1.29 is 27.5 Å². The molecule has 2 saturated heterocycles. The van der Waals surface area contributed by atoms with E-state index in [1.54, 1.807) is 43.3 Å². The van der Waals surface area contributed by atoms with Crippen LogP contribution in [0.3, 0.4) is 0 Å². The third-order valence-electron chi connectivity index (χ3n) is 13.6. The number of alkyl halides is 3. The minimum absolute atomic E-state index is 0.0372. The van der Waals surface area contributed by atoms with Gasteiger partial charge in [-0.3, -0.25) is 9.59 Å². The molecule has 18 heteroatoms. The fourth-order valence-electron chi connectivity index (χ4n) is 9.61. The quantitative estimate of drug-likeness (QED) is 0.0983. The second-order valence-electron chi connectivity index (χ2n) is 18.6. The van der Waals surface area contributed by atoms with E-state index in [0.29, 0.717) is 31.0 Å². The lowest BCUT2D eigenvalue weighted by Gasteiger charge is -2.34. The molecule has 0 unspecified atom stereocenters. The van der Waals surface area contributed by atoms with E-state index in [0.717, 1.165) is 110 Å². The Bertz CT molecular complexity index is 2920. The maximum atomic E-state index is 14.0. The molecule has 0 aliphatic carbocycles. The topological polar surface area (TPSA) is 137 Å². The first-order chi connectivity index (χ1) is 34.7. The van der Waals surface area contributed by atoms with Crippen LogP contribution in [0.4, 0.5) is 81.7 Å². The number of likely N-dealkylation sites (N-methyl/N-ethyl adjacent to an activating group) is 2. The molecule has 4 N–H and O–H groups in total. The van der Waals surface area contributed by atoms with Crippen LogP contribution < -0.4 is 45.6 Å². The summed E-state index contributed by atoms with van der Waals surface area (Å²) >= 11 is 0. The average Bonchev–Trinajstić information content (AvgIpc) is 4.01. The Morgan fingerprint density at radius 3 is 1.72 bits per heavy atom. The first kappa shape index (κ1) is 49.4. The zero-order valence-corrected chi connectivity index (χ0v) is 41.3. The molecule has 0 atom stereocenters. The van der Waals surface area contributed by atoms with E-state index in [2.05, 4.69) is 77.2 Å². The highest BCUT2D eigenvalue weighted by Gasteiger charge is 2.35. The summed E-state index contributed by atoms with van der Waals surface area (Å²) < 4.78 is 47.8. The monoisotopic (exact) mass is 982 g/mol. The number of anilines is 12. The third kappa shape index (κ3) is 11.5. The lowest BCUT2D eigenvalue weighted by molar-refractivity contribution is -0.137. The number of hydrogen-bond donors (Lipinski definition) is 4. The van der Waals surface area contributed by atoms with Gasteiger partial charge in [-0.1, -0.05) is 12.1 Å². The van der Waals surface area contributed by atoms with Gasteiger partial charge < -0.3 is 55.4 Å². The van der Waals surface area contributed by atoms with Gasteiger partial charge in [0.15, 0.2) is 0 Å². The minimum atomic E-state index is -4.53.